The number of rotatable bonds is 2. The second kappa shape index (κ2) is 4.99. The number of carbonyl (C=O) groups excluding carboxylic acids is 1. The second-order valence-corrected chi connectivity index (χ2v) is 5.23. The Balaban J connectivity index is 2.32. The van der Waals surface area contributed by atoms with Gasteiger partial charge >= 0.3 is 6.18 Å². The van der Waals surface area contributed by atoms with Crippen LogP contribution in [-0.4, -0.2) is 43.4 Å². The maximum Gasteiger partial charge on any atom is 0.438 e. The Kier molecular flexibility index (Phi) is 3.75. The predicted octanol–water partition coefficient (Wildman–Crippen LogP) is 1.96. The van der Waals surface area contributed by atoms with Crippen LogP contribution in [0.3, 0.4) is 0 Å². The molecule has 1 aliphatic heterocycles. The maximum atomic E-state index is 13.0. The summed E-state index contributed by atoms with van der Waals surface area (Å²) in [5.74, 6) is -1.04. The van der Waals surface area contributed by atoms with E-state index in [-0.39, 0.29) is 15.7 Å². The molecule has 2 atom stereocenters. The molecule has 1 aliphatic rings. The molecule has 1 N–H and O–H groups in total. The molecular formula is C11H12ClF3N4O2. The Morgan fingerprint density at radius 3 is 2.67 bits per heavy atom. The summed E-state index contributed by atoms with van der Waals surface area (Å²) < 4.78 is 40.2. The normalized spacial score (nSPS) is 24.1. The molecule has 116 valence electrons. The molecule has 21 heavy (non-hydrogen) atoms. The highest BCUT2D eigenvalue weighted by Crippen LogP contribution is 2.41. The Morgan fingerprint density at radius 1 is 1.57 bits per heavy atom. The molecule has 2 unspecified atom stereocenters. The zero-order chi connectivity index (χ0) is 16.0. The van der Waals surface area contributed by atoms with Crippen LogP contribution in [0, 0.1) is 0 Å². The minimum Gasteiger partial charge on any atom is -0.362 e. The van der Waals surface area contributed by atoms with E-state index in [1.165, 1.54) is 26.2 Å². The molecule has 0 fully saturated rings. The lowest BCUT2D eigenvalue weighted by Crippen LogP contribution is -2.57. The summed E-state index contributed by atoms with van der Waals surface area (Å²) in [4.78, 5) is 12.2. The monoisotopic (exact) mass is 324 g/mol. The van der Waals surface area contributed by atoms with Crippen molar-refractivity contribution in [3.8, 4) is 0 Å². The van der Waals surface area contributed by atoms with Gasteiger partial charge < -0.3 is 5.11 Å². The molecule has 1 amide bonds. The average molecular weight is 325 g/mol. The number of aromatic nitrogens is 2. The van der Waals surface area contributed by atoms with E-state index >= 15 is 0 Å². The van der Waals surface area contributed by atoms with Gasteiger partial charge in [0.1, 0.15) is 6.04 Å². The van der Waals surface area contributed by atoms with Crippen LogP contribution < -0.4 is 0 Å². The summed E-state index contributed by atoms with van der Waals surface area (Å²) in [5, 5.41) is 17.4. The van der Waals surface area contributed by atoms with E-state index in [9.17, 15) is 23.1 Å². The van der Waals surface area contributed by atoms with Gasteiger partial charge in [-0.2, -0.15) is 28.4 Å². The van der Waals surface area contributed by atoms with Gasteiger partial charge in [-0.15, -0.1) is 0 Å². The van der Waals surface area contributed by atoms with E-state index in [0.29, 0.717) is 0 Å². The fourth-order valence-corrected chi connectivity index (χ4v) is 2.13. The SMILES string of the molecule is CC1=NN(C(=O)C(C)n2cc(Cl)cn2)C(O)(C(F)(F)F)C1. The number of halogens is 4. The van der Waals surface area contributed by atoms with Crippen LogP contribution in [0.25, 0.3) is 0 Å². The quantitative estimate of drug-likeness (QED) is 0.904. The molecule has 0 spiro atoms. The molecular weight excluding hydrogens is 313 g/mol. The second-order valence-electron chi connectivity index (χ2n) is 4.79. The first-order valence-electron chi connectivity index (χ1n) is 5.93. The lowest BCUT2D eigenvalue weighted by Gasteiger charge is -2.33. The van der Waals surface area contributed by atoms with Crippen molar-refractivity contribution in [3.63, 3.8) is 0 Å². The standard InChI is InChI=1S/C11H12ClF3N4O2/c1-6-3-10(21,11(13,14)15)19(17-6)9(20)7(2)18-5-8(12)4-16-18/h4-5,7,21H,3H2,1-2H3. The van der Waals surface area contributed by atoms with Crippen LogP contribution in [0.4, 0.5) is 13.2 Å². The highest BCUT2D eigenvalue weighted by molar-refractivity contribution is 6.30. The molecule has 0 saturated carbocycles. The fourth-order valence-electron chi connectivity index (χ4n) is 1.99. The van der Waals surface area contributed by atoms with Crippen molar-refractivity contribution in [1.29, 1.82) is 0 Å². The Bertz CT molecular complexity index is 601. The Labute approximate surface area is 122 Å². The number of hydrogen-bond donors (Lipinski definition) is 1. The summed E-state index contributed by atoms with van der Waals surface area (Å²) in [5.41, 5.74) is -3.33. The van der Waals surface area contributed by atoms with Gasteiger partial charge in [0.15, 0.2) is 0 Å². The Morgan fingerprint density at radius 2 is 2.19 bits per heavy atom. The third kappa shape index (κ3) is 2.62. The van der Waals surface area contributed by atoms with E-state index in [1.54, 1.807) is 0 Å². The van der Waals surface area contributed by atoms with Crippen molar-refractivity contribution >= 4 is 23.2 Å². The third-order valence-electron chi connectivity index (χ3n) is 3.11. The topological polar surface area (TPSA) is 70.7 Å². The van der Waals surface area contributed by atoms with Gasteiger partial charge in [-0.25, -0.2) is 0 Å². The van der Waals surface area contributed by atoms with Crippen LogP contribution in [-0.2, 0) is 4.79 Å². The third-order valence-corrected chi connectivity index (χ3v) is 3.31. The van der Waals surface area contributed by atoms with E-state index in [4.69, 9.17) is 11.6 Å². The lowest BCUT2D eigenvalue weighted by atomic mass is 10.1. The van der Waals surface area contributed by atoms with E-state index < -0.39 is 30.3 Å². The summed E-state index contributed by atoms with van der Waals surface area (Å²) in [7, 11) is 0. The fraction of sp³-hybridized carbons (Fsp3) is 0.545. The minimum atomic E-state index is -5.02. The molecule has 0 saturated heterocycles. The summed E-state index contributed by atoms with van der Waals surface area (Å²) in [6.07, 6.45) is -3.26. The Hall–Kier alpha value is -1.61. The number of nitrogens with zero attached hydrogens (tertiary/aromatic N) is 4. The van der Waals surface area contributed by atoms with Crippen LogP contribution in [0.15, 0.2) is 17.5 Å². The molecule has 6 nitrogen and oxygen atoms in total. The van der Waals surface area contributed by atoms with Gasteiger partial charge in [-0.05, 0) is 13.8 Å². The van der Waals surface area contributed by atoms with Gasteiger partial charge in [0, 0.05) is 18.3 Å². The number of amides is 1. The number of aliphatic hydroxyl groups is 1. The highest BCUT2D eigenvalue weighted by atomic mass is 35.5. The van der Waals surface area contributed by atoms with E-state index in [1.807, 2.05) is 0 Å². The average Bonchev–Trinajstić information content (AvgIpc) is 2.91. The predicted molar refractivity (Wildman–Crippen MR) is 67.5 cm³/mol. The molecule has 2 heterocycles. The molecule has 2 rings (SSSR count). The molecule has 0 bridgehead atoms. The number of carbonyl (C=O) groups is 1. The van der Waals surface area contributed by atoms with Gasteiger partial charge in [0.25, 0.3) is 11.6 Å². The summed E-state index contributed by atoms with van der Waals surface area (Å²) >= 11 is 5.66. The number of alkyl halides is 3. The van der Waals surface area contributed by atoms with Crippen LogP contribution in [0.1, 0.15) is 26.3 Å². The van der Waals surface area contributed by atoms with Crippen molar-refractivity contribution in [2.45, 2.75) is 38.2 Å². The van der Waals surface area contributed by atoms with Crippen molar-refractivity contribution in [2.24, 2.45) is 5.10 Å². The summed E-state index contributed by atoms with van der Waals surface area (Å²) in [6, 6.07) is -1.10. The first kappa shape index (κ1) is 15.8. The highest BCUT2D eigenvalue weighted by Gasteiger charge is 2.63. The maximum absolute atomic E-state index is 13.0. The van der Waals surface area contributed by atoms with Gasteiger partial charge in [0.2, 0.25) is 0 Å². The largest absolute Gasteiger partial charge is 0.438 e. The van der Waals surface area contributed by atoms with Crippen molar-refractivity contribution < 1.29 is 23.1 Å². The van der Waals surface area contributed by atoms with E-state index in [0.717, 1.165) is 4.68 Å². The molecule has 0 aromatic carbocycles. The first-order valence-corrected chi connectivity index (χ1v) is 6.31. The van der Waals surface area contributed by atoms with Crippen LogP contribution in [0.5, 0.6) is 0 Å². The van der Waals surface area contributed by atoms with Crippen LogP contribution in [0.2, 0.25) is 5.02 Å². The molecule has 10 heteroatoms. The van der Waals surface area contributed by atoms with Gasteiger partial charge in [-0.3, -0.25) is 9.48 Å². The van der Waals surface area contributed by atoms with E-state index in [2.05, 4.69) is 10.2 Å². The zero-order valence-electron chi connectivity index (χ0n) is 11.1. The van der Waals surface area contributed by atoms with Gasteiger partial charge in [0.05, 0.1) is 11.2 Å². The zero-order valence-corrected chi connectivity index (χ0v) is 11.9. The molecule has 1 aromatic heterocycles. The van der Waals surface area contributed by atoms with Gasteiger partial charge in [-0.1, -0.05) is 11.6 Å². The van der Waals surface area contributed by atoms with Crippen LogP contribution >= 0.6 is 11.6 Å². The smallest absolute Gasteiger partial charge is 0.362 e. The van der Waals surface area contributed by atoms with Crippen molar-refractivity contribution in [3.05, 3.63) is 17.4 Å². The number of hydrogen-bond acceptors (Lipinski definition) is 4. The minimum absolute atomic E-state index is 0.00822. The van der Waals surface area contributed by atoms with Crippen molar-refractivity contribution in [1.82, 2.24) is 14.8 Å². The molecule has 1 aromatic rings. The first-order chi connectivity index (χ1) is 9.56. The number of hydrazone groups is 1. The summed E-state index contributed by atoms with van der Waals surface area (Å²) in [6.45, 7) is 2.64. The van der Waals surface area contributed by atoms with Crippen molar-refractivity contribution in [2.75, 3.05) is 0 Å². The molecule has 0 radical (unpaired) electrons. The molecule has 0 aliphatic carbocycles. The lowest BCUT2D eigenvalue weighted by molar-refractivity contribution is -0.303.